The summed E-state index contributed by atoms with van der Waals surface area (Å²) in [5, 5.41) is 13.7. The smallest absolute Gasteiger partial charge is 0.296 e. The van der Waals surface area contributed by atoms with Crippen molar-refractivity contribution in [2.24, 2.45) is 0 Å². The molecule has 1 N–H and O–H groups in total. The van der Waals surface area contributed by atoms with Crippen LogP contribution < -0.4 is 14.8 Å². The Kier molecular flexibility index (Phi) is 6.54. The molecule has 0 saturated heterocycles. The molecule has 0 aliphatic heterocycles. The number of nitro groups is 1. The van der Waals surface area contributed by atoms with Gasteiger partial charge in [-0.05, 0) is 49.6 Å². The maximum Gasteiger partial charge on any atom is 0.296 e. The van der Waals surface area contributed by atoms with E-state index in [1.165, 1.54) is 19.2 Å². The summed E-state index contributed by atoms with van der Waals surface area (Å²) in [6, 6.07) is 10.3. The molecule has 0 unspecified atom stereocenters. The van der Waals surface area contributed by atoms with Gasteiger partial charge in [0, 0.05) is 6.42 Å². The standard InChI is InChI=1S/C19H22N2O5/c1-13-6-7-14(2)18(11-13)26-10-4-5-19(22)20-16-9-8-15(25-3)12-17(16)21(23)24/h6-9,11-12H,4-5,10H2,1-3H3,(H,20,22). The molecule has 1 amide bonds. The van der Waals surface area contributed by atoms with Gasteiger partial charge < -0.3 is 14.8 Å². The first-order chi connectivity index (χ1) is 12.4. The van der Waals surface area contributed by atoms with E-state index in [-0.39, 0.29) is 23.7 Å². The van der Waals surface area contributed by atoms with E-state index in [0.717, 1.165) is 16.9 Å². The molecule has 0 fully saturated rings. The maximum atomic E-state index is 12.1. The summed E-state index contributed by atoms with van der Waals surface area (Å²) in [7, 11) is 1.42. The van der Waals surface area contributed by atoms with E-state index in [1.807, 2.05) is 32.0 Å². The Bertz CT molecular complexity index is 805. The van der Waals surface area contributed by atoms with Crippen LogP contribution in [0.2, 0.25) is 0 Å². The molecule has 0 aliphatic carbocycles. The molecule has 26 heavy (non-hydrogen) atoms. The van der Waals surface area contributed by atoms with E-state index in [4.69, 9.17) is 9.47 Å². The number of ether oxygens (including phenoxy) is 2. The summed E-state index contributed by atoms with van der Waals surface area (Å²) >= 11 is 0. The number of aryl methyl sites for hydroxylation is 2. The molecule has 0 bridgehead atoms. The van der Waals surface area contributed by atoms with E-state index in [2.05, 4.69) is 5.32 Å². The number of carbonyl (C=O) groups is 1. The minimum Gasteiger partial charge on any atom is -0.496 e. The van der Waals surface area contributed by atoms with Gasteiger partial charge in [0.15, 0.2) is 0 Å². The average Bonchev–Trinajstić information content (AvgIpc) is 2.61. The normalized spacial score (nSPS) is 10.3. The molecule has 0 radical (unpaired) electrons. The fourth-order valence-electron chi connectivity index (χ4n) is 2.39. The number of nitro benzene ring substituents is 1. The Morgan fingerprint density at radius 2 is 1.96 bits per heavy atom. The predicted octanol–water partition coefficient (Wildman–Crippen LogP) is 4.02. The Balaban J connectivity index is 1.87. The third kappa shape index (κ3) is 5.20. The molecule has 7 nitrogen and oxygen atoms in total. The molecule has 2 rings (SSSR count). The van der Waals surface area contributed by atoms with Gasteiger partial charge in [-0.15, -0.1) is 0 Å². The SMILES string of the molecule is COc1ccc(NC(=O)CCCOc2cc(C)ccc2C)c([N+](=O)[O-])c1. The molecular formula is C19H22N2O5. The van der Waals surface area contributed by atoms with Crippen molar-refractivity contribution >= 4 is 17.3 Å². The first kappa shape index (κ1) is 19.2. The maximum absolute atomic E-state index is 12.1. The van der Waals surface area contributed by atoms with Gasteiger partial charge >= 0.3 is 0 Å². The lowest BCUT2D eigenvalue weighted by Crippen LogP contribution is -2.14. The summed E-state index contributed by atoms with van der Waals surface area (Å²) in [5.41, 5.74) is 2.09. The highest BCUT2D eigenvalue weighted by Crippen LogP contribution is 2.29. The lowest BCUT2D eigenvalue weighted by Gasteiger charge is -2.10. The van der Waals surface area contributed by atoms with Crippen LogP contribution in [0.5, 0.6) is 11.5 Å². The van der Waals surface area contributed by atoms with Crippen molar-refractivity contribution in [3.8, 4) is 11.5 Å². The molecule has 2 aromatic carbocycles. The second kappa shape index (κ2) is 8.84. The first-order valence-electron chi connectivity index (χ1n) is 8.23. The van der Waals surface area contributed by atoms with E-state index in [1.54, 1.807) is 6.07 Å². The number of benzene rings is 2. The Morgan fingerprint density at radius 1 is 1.19 bits per heavy atom. The third-order valence-electron chi connectivity index (χ3n) is 3.83. The van der Waals surface area contributed by atoms with E-state index < -0.39 is 4.92 Å². The first-order valence-corrected chi connectivity index (χ1v) is 8.23. The van der Waals surface area contributed by atoms with E-state index in [0.29, 0.717) is 18.8 Å². The summed E-state index contributed by atoms with van der Waals surface area (Å²) in [4.78, 5) is 22.6. The zero-order chi connectivity index (χ0) is 19.1. The van der Waals surface area contributed by atoms with Gasteiger partial charge in [0.2, 0.25) is 5.91 Å². The topological polar surface area (TPSA) is 90.7 Å². The van der Waals surface area contributed by atoms with E-state index in [9.17, 15) is 14.9 Å². The van der Waals surface area contributed by atoms with Gasteiger partial charge in [0.1, 0.15) is 17.2 Å². The van der Waals surface area contributed by atoms with Gasteiger partial charge in [0.05, 0.1) is 24.7 Å². The van der Waals surface area contributed by atoms with Gasteiger partial charge in [-0.25, -0.2) is 0 Å². The number of methoxy groups -OCH3 is 1. The molecule has 0 saturated carbocycles. The number of hydrogen-bond donors (Lipinski definition) is 1. The van der Waals surface area contributed by atoms with Crippen molar-refractivity contribution in [2.45, 2.75) is 26.7 Å². The zero-order valence-corrected chi connectivity index (χ0v) is 15.1. The van der Waals surface area contributed by atoms with Crippen LogP contribution in [0.3, 0.4) is 0 Å². The molecule has 2 aromatic rings. The minimum absolute atomic E-state index is 0.149. The predicted molar refractivity (Wildman–Crippen MR) is 98.9 cm³/mol. The van der Waals surface area contributed by atoms with Crippen LogP contribution >= 0.6 is 0 Å². The van der Waals surface area contributed by atoms with Crippen molar-refractivity contribution in [3.63, 3.8) is 0 Å². The third-order valence-corrected chi connectivity index (χ3v) is 3.83. The van der Waals surface area contributed by atoms with Crippen LogP contribution in [0.15, 0.2) is 36.4 Å². The second-order valence-corrected chi connectivity index (χ2v) is 5.91. The monoisotopic (exact) mass is 358 g/mol. The van der Waals surface area contributed by atoms with Crippen molar-refractivity contribution in [1.82, 2.24) is 0 Å². The number of hydrogen-bond acceptors (Lipinski definition) is 5. The number of carbonyl (C=O) groups excluding carboxylic acids is 1. The van der Waals surface area contributed by atoms with Crippen LogP contribution in [0.25, 0.3) is 0 Å². The van der Waals surface area contributed by atoms with Gasteiger partial charge in [-0.1, -0.05) is 12.1 Å². The van der Waals surface area contributed by atoms with Crippen LogP contribution in [0.4, 0.5) is 11.4 Å². The van der Waals surface area contributed by atoms with Crippen LogP contribution in [-0.4, -0.2) is 24.5 Å². The van der Waals surface area contributed by atoms with E-state index >= 15 is 0 Å². The molecule has 138 valence electrons. The Morgan fingerprint density at radius 3 is 2.65 bits per heavy atom. The summed E-state index contributed by atoms with van der Waals surface area (Å²) in [5.74, 6) is 0.857. The number of nitrogens with one attached hydrogen (secondary N) is 1. The molecule has 0 heterocycles. The number of nitrogens with zero attached hydrogens (tertiary/aromatic N) is 1. The molecular weight excluding hydrogens is 336 g/mol. The lowest BCUT2D eigenvalue weighted by molar-refractivity contribution is -0.384. The Labute approximate surface area is 152 Å². The summed E-state index contributed by atoms with van der Waals surface area (Å²) in [6.45, 7) is 4.34. The van der Waals surface area contributed by atoms with Crippen molar-refractivity contribution in [1.29, 1.82) is 0 Å². The van der Waals surface area contributed by atoms with Gasteiger partial charge in [-0.3, -0.25) is 14.9 Å². The minimum atomic E-state index is -0.554. The van der Waals surface area contributed by atoms with Crippen molar-refractivity contribution < 1.29 is 19.2 Å². The number of amides is 1. The number of anilines is 1. The molecule has 0 aromatic heterocycles. The second-order valence-electron chi connectivity index (χ2n) is 5.91. The molecule has 0 atom stereocenters. The highest BCUT2D eigenvalue weighted by atomic mass is 16.6. The molecule has 7 heteroatoms. The zero-order valence-electron chi connectivity index (χ0n) is 15.1. The number of rotatable bonds is 8. The largest absolute Gasteiger partial charge is 0.496 e. The van der Waals surface area contributed by atoms with Crippen molar-refractivity contribution in [3.05, 3.63) is 57.6 Å². The molecule has 0 spiro atoms. The Hall–Kier alpha value is -3.09. The molecule has 0 aliphatic rings. The fourth-order valence-corrected chi connectivity index (χ4v) is 2.39. The fraction of sp³-hybridized carbons (Fsp3) is 0.316. The van der Waals surface area contributed by atoms with Crippen LogP contribution in [-0.2, 0) is 4.79 Å². The quantitative estimate of drug-likeness (QED) is 0.437. The average molecular weight is 358 g/mol. The van der Waals surface area contributed by atoms with Crippen molar-refractivity contribution in [2.75, 3.05) is 19.0 Å². The highest BCUT2D eigenvalue weighted by molar-refractivity contribution is 5.93. The van der Waals surface area contributed by atoms with Crippen LogP contribution in [0, 0.1) is 24.0 Å². The lowest BCUT2D eigenvalue weighted by atomic mass is 10.1. The summed E-state index contributed by atoms with van der Waals surface area (Å²) in [6.07, 6.45) is 0.706. The van der Waals surface area contributed by atoms with Gasteiger partial charge in [0.25, 0.3) is 5.69 Å². The summed E-state index contributed by atoms with van der Waals surface area (Å²) < 4.78 is 10.7. The van der Waals surface area contributed by atoms with Gasteiger partial charge in [-0.2, -0.15) is 0 Å². The highest BCUT2D eigenvalue weighted by Gasteiger charge is 2.17. The van der Waals surface area contributed by atoms with Crippen LogP contribution in [0.1, 0.15) is 24.0 Å².